The van der Waals surface area contributed by atoms with Gasteiger partial charge in [0.15, 0.2) is 0 Å². The number of hydrogen-bond acceptors (Lipinski definition) is 7. The fourth-order valence-electron chi connectivity index (χ4n) is 5.64. The van der Waals surface area contributed by atoms with E-state index in [0.717, 1.165) is 30.4 Å². The lowest BCUT2D eigenvalue weighted by atomic mass is 10.1. The zero-order valence-corrected chi connectivity index (χ0v) is 24.1. The molecule has 0 aliphatic carbocycles. The fourth-order valence-corrected chi connectivity index (χ4v) is 5.64. The summed E-state index contributed by atoms with van der Waals surface area (Å²) in [5, 5.41) is 0. The second-order valence-corrected chi connectivity index (χ2v) is 10.6. The van der Waals surface area contributed by atoms with Crippen molar-refractivity contribution >= 4 is 17.8 Å². The number of methoxy groups -OCH3 is 2. The molecule has 1 unspecified atom stereocenters. The minimum atomic E-state index is -0.786. The van der Waals surface area contributed by atoms with Gasteiger partial charge in [-0.2, -0.15) is 0 Å². The summed E-state index contributed by atoms with van der Waals surface area (Å²) in [6, 6.07) is 18.8. The molecule has 222 valence electrons. The van der Waals surface area contributed by atoms with Crippen LogP contribution in [0.1, 0.15) is 49.7 Å². The quantitative estimate of drug-likeness (QED) is 0.322. The molecule has 4 atom stereocenters. The standard InChI is InChI=1S/C32H42N2O7/c1-38-28(30(35)33-19-9-15-26(33)23-40-21-24-11-5-3-6-12-24)17-18-29(39-2)31(36)34-20-10-16-27(34)32(37)41-22-25-13-7-4-8-14-25/h3-8,11-14,26-29H,9-10,15-23H2,1-2H3/t26-,27?,28-,29-/m1/s1. The van der Waals surface area contributed by atoms with Gasteiger partial charge in [-0.25, -0.2) is 4.79 Å². The lowest BCUT2D eigenvalue weighted by Gasteiger charge is -2.30. The van der Waals surface area contributed by atoms with Crippen molar-refractivity contribution in [2.24, 2.45) is 0 Å². The second-order valence-electron chi connectivity index (χ2n) is 10.6. The molecule has 2 aliphatic rings. The van der Waals surface area contributed by atoms with Crippen LogP contribution in [0.3, 0.4) is 0 Å². The SMILES string of the molecule is CO[C@H](CC[C@@H](OC)C(=O)N1CCC[C@@H]1COCc1ccccc1)C(=O)N1CCCC1C(=O)OCc1ccccc1. The van der Waals surface area contributed by atoms with Gasteiger partial charge in [-0.3, -0.25) is 9.59 Å². The highest BCUT2D eigenvalue weighted by molar-refractivity contribution is 5.88. The number of nitrogens with zero attached hydrogens (tertiary/aromatic N) is 2. The third-order valence-corrected chi connectivity index (χ3v) is 7.92. The van der Waals surface area contributed by atoms with E-state index < -0.39 is 24.2 Å². The lowest BCUT2D eigenvalue weighted by Crippen LogP contribution is -2.47. The zero-order valence-electron chi connectivity index (χ0n) is 24.1. The minimum absolute atomic E-state index is 0.00373. The summed E-state index contributed by atoms with van der Waals surface area (Å²) in [5.74, 6) is -0.763. The first-order chi connectivity index (χ1) is 20.0. The van der Waals surface area contributed by atoms with Gasteiger partial charge in [-0.15, -0.1) is 0 Å². The number of esters is 1. The van der Waals surface area contributed by atoms with E-state index in [1.165, 1.54) is 14.2 Å². The summed E-state index contributed by atoms with van der Waals surface area (Å²) < 4.78 is 22.6. The second kappa shape index (κ2) is 15.7. The van der Waals surface area contributed by atoms with E-state index in [-0.39, 0.29) is 24.5 Å². The first kappa shape index (κ1) is 30.7. The number of rotatable bonds is 14. The largest absolute Gasteiger partial charge is 0.459 e. The predicted molar refractivity (Wildman–Crippen MR) is 153 cm³/mol. The molecule has 2 heterocycles. The van der Waals surface area contributed by atoms with Gasteiger partial charge in [-0.1, -0.05) is 60.7 Å². The third-order valence-electron chi connectivity index (χ3n) is 7.92. The van der Waals surface area contributed by atoms with Crippen LogP contribution in [-0.4, -0.2) is 85.8 Å². The monoisotopic (exact) mass is 566 g/mol. The molecule has 2 aromatic rings. The van der Waals surface area contributed by atoms with Gasteiger partial charge in [0.05, 0.1) is 19.3 Å². The molecular formula is C32H42N2O7. The van der Waals surface area contributed by atoms with Crippen LogP contribution in [0.25, 0.3) is 0 Å². The molecule has 2 saturated heterocycles. The first-order valence-corrected chi connectivity index (χ1v) is 14.5. The Morgan fingerprint density at radius 2 is 1.29 bits per heavy atom. The summed E-state index contributed by atoms with van der Waals surface area (Å²) in [7, 11) is 2.99. The Morgan fingerprint density at radius 1 is 0.756 bits per heavy atom. The van der Waals surface area contributed by atoms with Crippen LogP contribution >= 0.6 is 0 Å². The molecule has 0 N–H and O–H groups in total. The number of ether oxygens (including phenoxy) is 4. The van der Waals surface area contributed by atoms with Gasteiger partial charge in [0.25, 0.3) is 11.8 Å². The Labute approximate surface area is 242 Å². The summed E-state index contributed by atoms with van der Waals surface area (Å²) in [6.45, 7) is 2.26. The Bertz CT molecular complexity index is 1110. The van der Waals surface area contributed by atoms with Gasteiger partial charge in [0.1, 0.15) is 24.9 Å². The van der Waals surface area contributed by atoms with E-state index in [9.17, 15) is 14.4 Å². The predicted octanol–water partition coefficient (Wildman–Crippen LogP) is 3.74. The summed E-state index contributed by atoms with van der Waals surface area (Å²) in [6.07, 6.45) is 2.21. The Hall–Kier alpha value is -3.27. The number of carbonyl (C=O) groups excluding carboxylic acids is 3. The van der Waals surface area contributed by atoms with Crippen LogP contribution in [0.2, 0.25) is 0 Å². The van der Waals surface area contributed by atoms with Crippen molar-refractivity contribution in [1.82, 2.24) is 9.80 Å². The van der Waals surface area contributed by atoms with E-state index in [0.29, 0.717) is 45.6 Å². The van der Waals surface area contributed by atoms with Crippen molar-refractivity contribution < 1.29 is 33.3 Å². The zero-order chi connectivity index (χ0) is 29.0. The maximum Gasteiger partial charge on any atom is 0.329 e. The van der Waals surface area contributed by atoms with E-state index >= 15 is 0 Å². The molecule has 2 amide bonds. The van der Waals surface area contributed by atoms with Gasteiger partial charge < -0.3 is 28.7 Å². The topological polar surface area (TPSA) is 94.6 Å². The summed E-state index contributed by atoms with van der Waals surface area (Å²) >= 11 is 0. The highest BCUT2D eigenvalue weighted by atomic mass is 16.5. The van der Waals surface area contributed by atoms with Gasteiger partial charge in [0.2, 0.25) is 0 Å². The van der Waals surface area contributed by atoms with Crippen molar-refractivity contribution in [2.75, 3.05) is 33.9 Å². The fraction of sp³-hybridized carbons (Fsp3) is 0.531. The van der Waals surface area contributed by atoms with Crippen molar-refractivity contribution in [1.29, 1.82) is 0 Å². The van der Waals surface area contributed by atoms with Gasteiger partial charge in [0, 0.05) is 27.3 Å². The Balaban J connectivity index is 1.27. The molecule has 0 radical (unpaired) electrons. The molecule has 41 heavy (non-hydrogen) atoms. The van der Waals surface area contributed by atoms with Gasteiger partial charge >= 0.3 is 5.97 Å². The van der Waals surface area contributed by atoms with Crippen LogP contribution in [0.4, 0.5) is 0 Å². The minimum Gasteiger partial charge on any atom is -0.459 e. The average molecular weight is 567 g/mol. The maximum absolute atomic E-state index is 13.4. The molecule has 0 saturated carbocycles. The summed E-state index contributed by atoms with van der Waals surface area (Å²) in [5.41, 5.74) is 1.99. The number of hydrogen-bond donors (Lipinski definition) is 0. The molecule has 9 heteroatoms. The third kappa shape index (κ3) is 8.38. The van der Waals surface area contributed by atoms with Crippen LogP contribution in [0.5, 0.6) is 0 Å². The normalized spacial score (nSPS) is 20.1. The van der Waals surface area contributed by atoms with Crippen molar-refractivity contribution in [3.05, 3.63) is 71.8 Å². The highest BCUT2D eigenvalue weighted by Crippen LogP contribution is 2.24. The molecule has 4 rings (SSSR count). The highest BCUT2D eigenvalue weighted by Gasteiger charge is 2.39. The van der Waals surface area contributed by atoms with E-state index in [1.54, 1.807) is 4.90 Å². The molecule has 0 bridgehead atoms. The van der Waals surface area contributed by atoms with Crippen LogP contribution in [0.15, 0.2) is 60.7 Å². The number of likely N-dealkylation sites (tertiary alicyclic amines) is 2. The molecule has 2 aliphatic heterocycles. The van der Waals surface area contributed by atoms with E-state index in [2.05, 4.69) is 0 Å². The van der Waals surface area contributed by atoms with Crippen LogP contribution < -0.4 is 0 Å². The van der Waals surface area contributed by atoms with E-state index in [1.807, 2.05) is 65.6 Å². The van der Waals surface area contributed by atoms with Crippen molar-refractivity contribution in [3.8, 4) is 0 Å². The average Bonchev–Trinajstić information content (AvgIpc) is 3.69. The van der Waals surface area contributed by atoms with Crippen molar-refractivity contribution in [3.63, 3.8) is 0 Å². The lowest BCUT2D eigenvalue weighted by molar-refractivity contribution is -0.158. The summed E-state index contributed by atoms with van der Waals surface area (Å²) in [4.78, 5) is 43.1. The van der Waals surface area contributed by atoms with Crippen LogP contribution in [0, 0.1) is 0 Å². The number of amides is 2. The first-order valence-electron chi connectivity index (χ1n) is 14.5. The van der Waals surface area contributed by atoms with E-state index in [4.69, 9.17) is 18.9 Å². The number of carbonyl (C=O) groups is 3. The number of benzene rings is 2. The molecule has 2 fully saturated rings. The molecule has 0 aromatic heterocycles. The molecular weight excluding hydrogens is 524 g/mol. The molecule has 2 aromatic carbocycles. The van der Waals surface area contributed by atoms with Gasteiger partial charge in [-0.05, 0) is 49.7 Å². The smallest absolute Gasteiger partial charge is 0.329 e. The van der Waals surface area contributed by atoms with Crippen LogP contribution in [-0.2, 0) is 46.5 Å². The Kier molecular flexibility index (Phi) is 11.7. The molecule has 0 spiro atoms. The Morgan fingerprint density at radius 3 is 1.90 bits per heavy atom. The van der Waals surface area contributed by atoms with Crippen molar-refractivity contribution in [2.45, 2.75) is 76.0 Å². The maximum atomic E-state index is 13.4. The molecule has 9 nitrogen and oxygen atoms in total.